The highest BCUT2D eigenvalue weighted by Crippen LogP contribution is 2.53. The van der Waals surface area contributed by atoms with Gasteiger partial charge in [0.25, 0.3) is 5.91 Å². The minimum atomic E-state index is -0.554. The summed E-state index contributed by atoms with van der Waals surface area (Å²) in [5.74, 6) is 0.727. The van der Waals surface area contributed by atoms with E-state index < -0.39 is 5.60 Å². The van der Waals surface area contributed by atoms with E-state index in [4.69, 9.17) is 9.47 Å². The molecule has 3 atom stereocenters. The lowest BCUT2D eigenvalue weighted by Crippen LogP contribution is -2.62. The molecule has 222 valence electrons. The molecule has 2 amide bonds. The predicted molar refractivity (Wildman–Crippen MR) is 156 cm³/mol. The first-order chi connectivity index (χ1) is 19.8. The maximum atomic E-state index is 13.4. The van der Waals surface area contributed by atoms with Crippen LogP contribution in [0.1, 0.15) is 88.3 Å². The van der Waals surface area contributed by atoms with Gasteiger partial charge < -0.3 is 9.47 Å². The molecule has 2 saturated heterocycles. The van der Waals surface area contributed by atoms with Gasteiger partial charge in [-0.25, -0.2) is 4.79 Å². The largest absolute Gasteiger partial charge is 0.473 e. The second kappa shape index (κ2) is 9.78. The quantitative estimate of drug-likeness (QED) is 0.408. The number of carbonyl (C=O) groups is 2. The number of nitrogens with zero attached hydrogens (tertiary/aromatic N) is 7. The lowest BCUT2D eigenvalue weighted by molar-refractivity contribution is -0.0651. The second-order valence-corrected chi connectivity index (χ2v) is 13.2. The lowest BCUT2D eigenvalue weighted by atomic mass is 9.81. The van der Waals surface area contributed by atoms with Gasteiger partial charge in [0.05, 0.1) is 23.5 Å². The Morgan fingerprint density at radius 1 is 1.14 bits per heavy atom. The molecule has 3 aliphatic rings. The summed E-state index contributed by atoms with van der Waals surface area (Å²) >= 11 is 0. The summed E-state index contributed by atoms with van der Waals surface area (Å²) in [5.41, 5.74) is 2.70. The molecular formula is C31H39N7O4. The molecule has 2 fully saturated rings. The maximum Gasteiger partial charge on any atom is 0.411 e. The van der Waals surface area contributed by atoms with Crippen molar-refractivity contribution in [3.63, 3.8) is 0 Å². The van der Waals surface area contributed by atoms with Gasteiger partial charge in [0.2, 0.25) is 5.88 Å². The van der Waals surface area contributed by atoms with Gasteiger partial charge in [-0.05, 0) is 66.0 Å². The summed E-state index contributed by atoms with van der Waals surface area (Å²) in [6, 6.07) is 5.37. The van der Waals surface area contributed by atoms with E-state index in [2.05, 4.69) is 34.1 Å². The first-order valence-electron chi connectivity index (χ1n) is 14.7. The van der Waals surface area contributed by atoms with Crippen LogP contribution in [-0.4, -0.2) is 64.6 Å². The van der Waals surface area contributed by atoms with Crippen LogP contribution in [0.2, 0.25) is 0 Å². The Labute approximate surface area is 246 Å². The first-order valence-corrected chi connectivity index (χ1v) is 14.7. The van der Waals surface area contributed by atoms with E-state index in [1.165, 1.54) is 0 Å². The molecule has 6 heterocycles. The Morgan fingerprint density at radius 3 is 2.57 bits per heavy atom. The molecule has 0 spiro atoms. The molecule has 2 bridgehead atoms. The summed E-state index contributed by atoms with van der Waals surface area (Å²) in [5, 5.41) is 13.1. The topological polar surface area (TPSA) is 116 Å². The molecule has 6 rings (SSSR count). The molecule has 42 heavy (non-hydrogen) atoms. The van der Waals surface area contributed by atoms with Crippen LogP contribution in [0.25, 0.3) is 11.3 Å². The number of carbonyl (C=O) groups excluding carboxylic acids is 2. The fourth-order valence-electron chi connectivity index (χ4n) is 7.03. The average Bonchev–Trinajstić information content (AvgIpc) is 3.50. The van der Waals surface area contributed by atoms with E-state index in [1.807, 2.05) is 51.9 Å². The second-order valence-electron chi connectivity index (χ2n) is 13.2. The molecule has 11 nitrogen and oxygen atoms in total. The number of rotatable bonds is 5. The van der Waals surface area contributed by atoms with Crippen LogP contribution in [0.15, 0.2) is 30.6 Å². The van der Waals surface area contributed by atoms with Gasteiger partial charge in [0, 0.05) is 60.6 Å². The third kappa shape index (κ3) is 4.78. The van der Waals surface area contributed by atoms with E-state index in [1.54, 1.807) is 27.9 Å². The van der Waals surface area contributed by atoms with Crippen LogP contribution in [0, 0.1) is 6.92 Å². The standard InChI is InChI=1S/C31H39N7O4/c1-8-31-12-11-30(6,38(31)28(40)42-29(3,4)5)14-21(15-31)41-26-10-9-25(33-34-26)37-17-20-16-32-24(13-22(20)27(37)39)23-18-36(7)35-19(23)2/h9-10,13,16,18,21H,8,11-12,14-15,17H2,1-7H3/t21?,30-,31+/m1/s1. The Hall–Kier alpha value is -4.02. The number of ether oxygens (including phenoxy) is 2. The number of hydrogen-bond donors (Lipinski definition) is 0. The highest BCUT2D eigenvalue weighted by Gasteiger charge is 2.60. The van der Waals surface area contributed by atoms with Crippen molar-refractivity contribution in [2.24, 2.45) is 7.05 Å². The highest BCUT2D eigenvalue weighted by molar-refractivity contribution is 6.09. The minimum Gasteiger partial charge on any atom is -0.473 e. The summed E-state index contributed by atoms with van der Waals surface area (Å²) in [6.07, 6.45) is 7.31. The van der Waals surface area contributed by atoms with E-state index in [0.717, 1.165) is 41.8 Å². The van der Waals surface area contributed by atoms with Crippen molar-refractivity contribution < 1.29 is 19.1 Å². The van der Waals surface area contributed by atoms with Crippen molar-refractivity contribution in [2.45, 2.75) is 103 Å². The van der Waals surface area contributed by atoms with Crippen molar-refractivity contribution in [1.82, 2.24) is 29.9 Å². The van der Waals surface area contributed by atoms with Gasteiger partial charge in [-0.2, -0.15) is 5.10 Å². The minimum absolute atomic E-state index is 0.116. The number of fused-ring (bicyclic) bond motifs is 3. The Bertz CT molecular complexity index is 1550. The number of pyridine rings is 1. The predicted octanol–water partition coefficient (Wildman–Crippen LogP) is 5.22. The van der Waals surface area contributed by atoms with Crippen molar-refractivity contribution in [3.8, 4) is 17.1 Å². The van der Waals surface area contributed by atoms with Crippen molar-refractivity contribution >= 4 is 17.8 Å². The van der Waals surface area contributed by atoms with Gasteiger partial charge in [-0.1, -0.05) is 6.92 Å². The zero-order chi connectivity index (χ0) is 30.0. The third-order valence-corrected chi connectivity index (χ3v) is 8.92. The maximum absolute atomic E-state index is 13.4. The lowest BCUT2D eigenvalue weighted by Gasteiger charge is -2.51. The van der Waals surface area contributed by atoms with Gasteiger partial charge in [0.15, 0.2) is 5.82 Å². The SMILES string of the molecule is CC[C@]12CC[C@](C)(CC(Oc3ccc(N4Cc5cnc(-c6cn(C)nc6C)cc5C4=O)nn3)C1)N2C(=O)OC(C)(C)C. The average molecular weight is 574 g/mol. The van der Waals surface area contributed by atoms with Gasteiger partial charge in [-0.15, -0.1) is 10.2 Å². The zero-order valence-electron chi connectivity index (χ0n) is 25.5. The fourth-order valence-corrected chi connectivity index (χ4v) is 7.03. The molecule has 0 N–H and O–H groups in total. The van der Waals surface area contributed by atoms with Crippen LogP contribution in [-0.2, 0) is 18.3 Å². The van der Waals surface area contributed by atoms with Crippen molar-refractivity contribution in [1.29, 1.82) is 0 Å². The van der Waals surface area contributed by atoms with E-state index in [0.29, 0.717) is 36.6 Å². The Morgan fingerprint density at radius 2 is 1.93 bits per heavy atom. The van der Waals surface area contributed by atoms with Crippen LogP contribution in [0.4, 0.5) is 10.6 Å². The Balaban J connectivity index is 1.16. The molecule has 1 unspecified atom stereocenters. The molecule has 3 aromatic rings. The van der Waals surface area contributed by atoms with Crippen LogP contribution in [0.3, 0.4) is 0 Å². The number of hydrogen-bond acceptors (Lipinski definition) is 8. The summed E-state index contributed by atoms with van der Waals surface area (Å²) < 4.78 is 13.9. The van der Waals surface area contributed by atoms with Crippen LogP contribution in [0.5, 0.6) is 5.88 Å². The number of amides is 2. The molecule has 3 aromatic heterocycles. The van der Waals surface area contributed by atoms with Crippen LogP contribution >= 0.6 is 0 Å². The highest BCUT2D eigenvalue weighted by atomic mass is 16.6. The molecule has 0 aromatic carbocycles. The molecule has 0 saturated carbocycles. The third-order valence-electron chi connectivity index (χ3n) is 8.92. The van der Waals surface area contributed by atoms with Crippen LogP contribution < -0.4 is 9.64 Å². The normalized spacial score (nSPS) is 25.1. The summed E-state index contributed by atoms with van der Waals surface area (Å²) in [7, 11) is 1.86. The molecule has 0 aliphatic carbocycles. The summed E-state index contributed by atoms with van der Waals surface area (Å²) in [4.78, 5) is 34.8. The van der Waals surface area contributed by atoms with Crippen molar-refractivity contribution in [3.05, 3.63) is 47.4 Å². The zero-order valence-corrected chi connectivity index (χ0v) is 25.5. The van der Waals surface area contributed by atoms with Gasteiger partial charge in [0.1, 0.15) is 11.7 Å². The molecule has 11 heteroatoms. The van der Waals surface area contributed by atoms with Crippen molar-refractivity contribution in [2.75, 3.05) is 4.90 Å². The number of aromatic nitrogens is 5. The first kappa shape index (κ1) is 28.1. The fraction of sp³-hybridized carbons (Fsp3) is 0.548. The molecule has 0 radical (unpaired) electrons. The number of aryl methyl sites for hydroxylation is 2. The Kier molecular flexibility index (Phi) is 6.54. The van der Waals surface area contributed by atoms with E-state index in [-0.39, 0.29) is 29.2 Å². The number of anilines is 1. The molecular weight excluding hydrogens is 534 g/mol. The van der Waals surface area contributed by atoms with Gasteiger partial charge >= 0.3 is 6.09 Å². The van der Waals surface area contributed by atoms with E-state index in [9.17, 15) is 9.59 Å². The van der Waals surface area contributed by atoms with Gasteiger partial charge in [-0.3, -0.25) is 24.3 Å². The number of piperidine rings is 1. The monoisotopic (exact) mass is 573 g/mol. The molecule has 3 aliphatic heterocycles. The smallest absolute Gasteiger partial charge is 0.411 e. The van der Waals surface area contributed by atoms with E-state index >= 15 is 0 Å². The summed E-state index contributed by atoms with van der Waals surface area (Å²) in [6.45, 7) is 12.3.